The number of likely N-dealkylation sites (tertiary alicyclic amines) is 1. The summed E-state index contributed by atoms with van der Waals surface area (Å²) in [4.78, 5) is 23.5. The zero-order chi connectivity index (χ0) is 25.5. The van der Waals surface area contributed by atoms with Crippen molar-refractivity contribution in [2.45, 2.75) is 11.0 Å². The van der Waals surface area contributed by atoms with Crippen LogP contribution in [0.5, 0.6) is 0 Å². The molecule has 37 heavy (non-hydrogen) atoms. The first-order valence-corrected chi connectivity index (χ1v) is 12.7. The van der Waals surface area contributed by atoms with E-state index in [9.17, 15) is 9.18 Å². The van der Waals surface area contributed by atoms with Crippen LogP contribution >= 0.6 is 15.9 Å². The summed E-state index contributed by atoms with van der Waals surface area (Å²) in [6.45, 7) is 0.452. The van der Waals surface area contributed by atoms with E-state index in [0.29, 0.717) is 23.9 Å². The van der Waals surface area contributed by atoms with Crippen LogP contribution in [0.4, 0.5) is 15.9 Å². The Balaban J connectivity index is 1.24. The van der Waals surface area contributed by atoms with Gasteiger partial charge in [0, 0.05) is 53.7 Å². The molecule has 5 aromatic rings. The number of rotatable bonds is 5. The number of nitrogens with one attached hydrogen (secondary N) is 2. The summed E-state index contributed by atoms with van der Waals surface area (Å²) in [5.74, 6) is 1.06. The lowest BCUT2D eigenvalue weighted by Crippen LogP contribution is -2.30. The summed E-state index contributed by atoms with van der Waals surface area (Å²) in [5.41, 5.74) is 5.23. The number of aromatic amines is 1. The van der Waals surface area contributed by atoms with Crippen molar-refractivity contribution < 1.29 is 9.18 Å². The fourth-order valence-corrected chi connectivity index (χ4v) is 5.11. The van der Waals surface area contributed by atoms with Gasteiger partial charge in [-0.15, -0.1) is 0 Å². The highest BCUT2D eigenvalue weighted by Gasteiger charge is 2.35. The van der Waals surface area contributed by atoms with Gasteiger partial charge in [0.15, 0.2) is 5.82 Å². The summed E-state index contributed by atoms with van der Waals surface area (Å²) in [6.07, 6.45) is 4.29. The molecule has 1 aliphatic heterocycles. The molecule has 0 spiro atoms. The number of alkyl halides is 2. The number of carbonyl (C=O) groups excluding carboxylic acids is 1. The first kappa shape index (κ1) is 23.4. The molecule has 2 aromatic carbocycles. The molecular formula is C27H23BrFN7O. The second kappa shape index (κ2) is 9.44. The summed E-state index contributed by atoms with van der Waals surface area (Å²) in [7, 11) is 1.85. The third kappa shape index (κ3) is 4.48. The largest absolute Gasteiger partial charge is 0.340 e. The van der Waals surface area contributed by atoms with E-state index in [2.05, 4.69) is 36.4 Å². The molecule has 1 fully saturated rings. The third-order valence-electron chi connectivity index (χ3n) is 6.64. The molecule has 6 rings (SSSR count). The molecule has 1 aliphatic rings. The topological polar surface area (TPSA) is 91.7 Å². The Morgan fingerprint density at radius 3 is 2.62 bits per heavy atom. The number of aromatic nitrogens is 5. The number of anilines is 2. The Kier molecular flexibility index (Phi) is 5.96. The molecule has 186 valence electrons. The van der Waals surface area contributed by atoms with Crippen LogP contribution in [0.25, 0.3) is 33.4 Å². The maximum atomic E-state index is 14.0. The molecule has 0 radical (unpaired) electrons. The second-order valence-electron chi connectivity index (χ2n) is 9.06. The van der Waals surface area contributed by atoms with E-state index in [-0.39, 0.29) is 17.3 Å². The van der Waals surface area contributed by atoms with E-state index in [1.54, 1.807) is 17.3 Å². The van der Waals surface area contributed by atoms with E-state index in [1.807, 2.05) is 72.4 Å². The quantitative estimate of drug-likeness (QED) is 0.284. The van der Waals surface area contributed by atoms with E-state index in [1.165, 1.54) is 0 Å². The van der Waals surface area contributed by atoms with Gasteiger partial charge in [0.25, 0.3) is 5.91 Å². The van der Waals surface area contributed by atoms with Gasteiger partial charge < -0.3 is 14.8 Å². The van der Waals surface area contributed by atoms with Gasteiger partial charge >= 0.3 is 0 Å². The lowest BCUT2D eigenvalue weighted by molar-refractivity contribution is 0.0774. The number of fused-ring (bicyclic) bond motifs is 1. The van der Waals surface area contributed by atoms with E-state index in [0.717, 1.165) is 33.3 Å². The minimum absolute atomic E-state index is 0.0984. The van der Waals surface area contributed by atoms with Crippen LogP contribution in [-0.4, -0.2) is 59.6 Å². The number of amides is 1. The third-order valence-corrected chi connectivity index (χ3v) is 7.50. The number of carbonyl (C=O) groups is 1. The fraction of sp³-hybridized carbons (Fsp3) is 0.185. The molecule has 1 saturated heterocycles. The van der Waals surface area contributed by atoms with Crippen molar-refractivity contribution in [2.24, 2.45) is 7.05 Å². The van der Waals surface area contributed by atoms with Crippen molar-refractivity contribution in [1.29, 1.82) is 0 Å². The molecule has 0 saturated carbocycles. The highest BCUT2D eigenvalue weighted by Crippen LogP contribution is 2.28. The molecule has 0 aliphatic carbocycles. The van der Waals surface area contributed by atoms with Gasteiger partial charge in [-0.3, -0.25) is 9.89 Å². The van der Waals surface area contributed by atoms with Crippen LogP contribution in [0.3, 0.4) is 0 Å². The number of halogens is 2. The minimum atomic E-state index is -1.06. The molecule has 2 N–H and O–H groups in total. The highest BCUT2D eigenvalue weighted by molar-refractivity contribution is 9.09. The average molecular weight is 560 g/mol. The van der Waals surface area contributed by atoms with Crippen molar-refractivity contribution in [2.75, 3.05) is 18.4 Å². The Morgan fingerprint density at radius 2 is 1.89 bits per heavy atom. The standard InChI is InChI=1S/C27H23BrFN7O/c1-35-23-11-18(3-2-17(23)10-24(35)27(37)36-14-21(28)22(29)15-36)26-30-9-8-25(34-26)33-20-6-4-16(5-7-20)19-12-31-32-13-19/h2-13,21-22H,14-15H2,1H3,(H,31,32)(H,30,33,34)/t21-,22-/m1/s1. The lowest BCUT2D eigenvalue weighted by Gasteiger charge is -2.15. The first-order valence-electron chi connectivity index (χ1n) is 11.8. The van der Waals surface area contributed by atoms with Gasteiger partial charge in [-0.05, 0) is 35.9 Å². The Hall–Kier alpha value is -4.05. The average Bonchev–Trinajstić information content (AvgIpc) is 3.64. The van der Waals surface area contributed by atoms with E-state index >= 15 is 0 Å². The van der Waals surface area contributed by atoms with Crippen LogP contribution in [0.15, 0.2) is 73.2 Å². The smallest absolute Gasteiger partial charge is 0.270 e. The molecule has 3 aromatic heterocycles. The minimum Gasteiger partial charge on any atom is -0.340 e. The Bertz CT molecular complexity index is 1570. The second-order valence-corrected chi connectivity index (χ2v) is 10.2. The summed E-state index contributed by atoms with van der Waals surface area (Å²) >= 11 is 3.31. The van der Waals surface area contributed by atoms with Crippen LogP contribution < -0.4 is 5.32 Å². The predicted molar refractivity (Wildman–Crippen MR) is 145 cm³/mol. The number of nitrogens with zero attached hydrogens (tertiary/aromatic N) is 5. The summed E-state index contributed by atoms with van der Waals surface area (Å²) in [6, 6.07) is 17.5. The Labute approximate surface area is 220 Å². The summed E-state index contributed by atoms with van der Waals surface area (Å²) < 4.78 is 15.8. The van der Waals surface area contributed by atoms with Gasteiger partial charge in [-0.25, -0.2) is 14.4 Å². The molecule has 0 bridgehead atoms. The highest BCUT2D eigenvalue weighted by atomic mass is 79.9. The zero-order valence-corrected chi connectivity index (χ0v) is 21.5. The molecular weight excluding hydrogens is 537 g/mol. The zero-order valence-electron chi connectivity index (χ0n) is 19.9. The van der Waals surface area contributed by atoms with Crippen LogP contribution in [0, 0.1) is 0 Å². The van der Waals surface area contributed by atoms with Crippen molar-refractivity contribution in [1.82, 2.24) is 29.6 Å². The lowest BCUT2D eigenvalue weighted by atomic mass is 10.1. The number of benzene rings is 2. The van der Waals surface area contributed by atoms with Gasteiger partial charge in [-0.2, -0.15) is 5.10 Å². The van der Waals surface area contributed by atoms with Crippen LogP contribution in [-0.2, 0) is 7.05 Å². The van der Waals surface area contributed by atoms with E-state index in [4.69, 9.17) is 4.98 Å². The molecule has 0 unspecified atom stereocenters. The normalized spacial score (nSPS) is 17.4. The molecule has 8 nitrogen and oxygen atoms in total. The van der Waals surface area contributed by atoms with Crippen molar-refractivity contribution in [3.63, 3.8) is 0 Å². The SMILES string of the molecule is Cn1c(C(=O)N2C[C@@H](F)[C@H](Br)C2)cc2ccc(-c3nccc(Nc4ccc(-c5cn[nH]c5)cc4)n3)cc21. The van der Waals surface area contributed by atoms with Crippen LogP contribution in [0.2, 0.25) is 0 Å². The maximum absolute atomic E-state index is 14.0. The van der Waals surface area contributed by atoms with Gasteiger partial charge in [0.05, 0.1) is 17.6 Å². The molecule has 4 heterocycles. The monoisotopic (exact) mass is 559 g/mol. The number of aryl methyl sites for hydroxylation is 1. The van der Waals surface area contributed by atoms with Gasteiger partial charge in [0.1, 0.15) is 17.7 Å². The number of H-pyrrole nitrogens is 1. The maximum Gasteiger partial charge on any atom is 0.270 e. The fourth-order valence-electron chi connectivity index (χ4n) is 4.60. The predicted octanol–water partition coefficient (Wildman–Crippen LogP) is 5.33. The Morgan fingerprint density at radius 1 is 1.08 bits per heavy atom. The number of hydrogen-bond donors (Lipinski definition) is 2. The first-order chi connectivity index (χ1) is 18.0. The van der Waals surface area contributed by atoms with Crippen molar-refractivity contribution in [3.8, 4) is 22.5 Å². The number of hydrogen-bond acceptors (Lipinski definition) is 5. The summed E-state index contributed by atoms with van der Waals surface area (Å²) in [5, 5.41) is 11.1. The molecule has 2 atom stereocenters. The van der Waals surface area contributed by atoms with Gasteiger partial charge in [-0.1, -0.05) is 40.2 Å². The molecule has 10 heteroatoms. The van der Waals surface area contributed by atoms with Crippen LogP contribution in [0.1, 0.15) is 10.5 Å². The molecule has 1 amide bonds. The van der Waals surface area contributed by atoms with Crippen molar-refractivity contribution in [3.05, 3.63) is 78.9 Å². The van der Waals surface area contributed by atoms with Crippen molar-refractivity contribution >= 4 is 44.2 Å². The van der Waals surface area contributed by atoms with Gasteiger partial charge in [0.2, 0.25) is 0 Å². The van der Waals surface area contributed by atoms with E-state index < -0.39 is 6.17 Å².